The molecule has 0 aliphatic rings. The van der Waals surface area contributed by atoms with Crippen LogP contribution in [0.1, 0.15) is 4.88 Å². The molecule has 0 atom stereocenters. The lowest BCUT2D eigenvalue weighted by Gasteiger charge is -1.98. The van der Waals surface area contributed by atoms with Gasteiger partial charge in [0.05, 0.1) is 9.82 Å². The minimum Gasteiger partial charge on any atom is -0.303 e. The van der Waals surface area contributed by atoms with Crippen molar-refractivity contribution in [3.63, 3.8) is 0 Å². The molecule has 0 bridgehead atoms. The molecular weight excluding hydrogens is 306 g/mol. The van der Waals surface area contributed by atoms with Gasteiger partial charge in [0.1, 0.15) is 11.2 Å². The molecule has 2 rings (SSSR count). The molecule has 0 saturated heterocycles. The third kappa shape index (κ3) is 2.80. The maximum atomic E-state index is 11.1. The second-order valence-corrected chi connectivity index (χ2v) is 5.68. The number of halogens is 1. The molecule has 0 spiro atoms. The number of hydrogen-bond donors (Lipinski definition) is 1. The Morgan fingerprint density at radius 2 is 2.00 bits per heavy atom. The van der Waals surface area contributed by atoms with Gasteiger partial charge in [-0.15, -0.1) is 24.0 Å². The molecule has 0 saturated carbocycles. The summed E-state index contributed by atoms with van der Waals surface area (Å²) >= 11 is 11.2. The minimum atomic E-state index is -0.475. The molecule has 1 aromatic heterocycles. The molecule has 7 heteroatoms. The Hall–Kier alpha value is -1.37. The maximum absolute atomic E-state index is 11.1. The molecule has 0 aliphatic carbocycles. The Morgan fingerprint density at radius 3 is 2.53 bits per heavy atom. The Kier molecular flexibility index (Phi) is 4.24. The van der Waals surface area contributed by atoms with Gasteiger partial charge in [0, 0.05) is 16.3 Å². The number of nitrogens with zero attached hydrogens (tertiary/aromatic N) is 1. The molecule has 0 amide bonds. The van der Waals surface area contributed by atoms with Gasteiger partial charge >= 0.3 is 5.69 Å². The van der Waals surface area contributed by atoms with Crippen molar-refractivity contribution in [1.29, 1.82) is 0 Å². The average Bonchev–Trinajstić information content (AvgIpc) is 2.68. The molecule has 0 aliphatic heterocycles. The van der Waals surface area contributed by atoms with Crippen LogP contribution >= 0.6 is 35.6 Å². The van der Waals surface area contributed by atoms with Gasteiger partial charge in [-0.05, 0) is 17.7 Å². The Labute approximate surface area is 123 Å². The van der Waals surface area contributed by atoms with Crippen LogP contribution in [0.5, 0.6) is 0 Å². The SMILES string of the molecule is O=CCc1sc(-c2ccc(Cl)cc2)c([N+](=O)[O-])c1S. The van der Waals surface area contributed by atoms with Crippen LogP contribution in [0.15, 0.2) is 29.2 Å². The fourth-order valence-corrected chi connectivity index (χ4v) is 3.38. The highest BCUT2D eigenvalue weighted by atomic mass is 35.5. The summed E-state index contributed by atoms with van der Waals surface area (Å²) in [7, 11) is 0. The highest BCUT2D eigenvalue weighted by molar-refractivity contribution is 7.80. The number of thiol groups is 1. The van der Waals surface area contributed by atoms with Crippen molar-refractivity contribution in [2.24, 2.45) is 0 Å². The zero-order chi connectivity index (χ0) is 14.0. The van der Waals surface area contributed by atoms with Crippen molar-refractivity contribution in [2.45, 2.75) is 11.3 Å². The normalized spacial score (nSPS) is 10.4. The van der Waals surface area contributed by atoms with Gasteiger partial charge in [0.25, 0.3) is 0 Å². The van der Waals surface area contributed by atoms with E-state index in [0.717, 1.165) is 0 Å². The Morgan fingerprint density at radius 1 is 1.37 bits per heavy atom. The van der Waals surface area contributed by atoms with E-state index in [1.54, 1.807) is 24.3 Å². The second-order valence-electron chi connectivity index (χ2n) is 3.69. The predicted molar refractivity (Wildman–Crippen MR) is 78.4 cm³/mol. The predicted octanol–water partition coefficient (Wildman–Crippen LogP) is 4.01. The first-order chi connectivity index (χ1) is 9.04. The number of carbonyl (C=O) groups excluding carboxylic acids is 1. The van der Waals surface area contributed by atoms with Crippen LogP contribution in [-0.2, 0) is 11.2 Å². The molecule has 1 heterocycles. The lowest BCUT2D eigenvalue weighted by molar-refractivity contribution is -0.386. The first-order valence-corrected chi connectivity index (χ1v) is 6.87. The van der Waals surface area contributed by atoms with Crippen molar-refractivity contribution in [1.82, 2.24) is 0 Å². The molecular formula is C12H8ClNO3S2. The van der Waals surface area contributed by atoms with E-state index in [1.807, 2.05) is 0 Å². The van der Waals surface area contributed by atoms with Crippen LogP contribution in [0.4, 0.5) is 5.69 Å². The standard InChI is InChI=1S/C12H8ClNO3S2/c13-8-3-1-7(2-4-8)12-10(14(16)17)11(18)9(19-12)5-6-15/h1-4,6,18H,5H2. The number of hydrogen-bond acceptors (Lipinski definition) is 5. The second kappa shape index (κ2) is 5.73. The molecule has 0 unspecified atom stereocenters. The first kappa shape index (κ1) is 14.0. The summed E-state index contributed by atoms with van der Waals surface area (Å²) in [5.41, 5.74) is 0.626. The zero-order valence-corrected chi connectivity index (χ0v) is 12.0. The largest absolute Gasteiger partial charge is 0.303 e. The number of nitro groups is 1. The molecule has 2 aromatic rings. The summed E-state index contributed by atoms with van der Waals surface area (Å²) in [6, 6.07) is 6.74. The van der Waals surface area contributed by atoms with Gasteiger partial charge in [0.15, 0.2) is 0 Å². The van der Waals surface area contributed by atoms with E-state index in [-0.39, 0.29) is 17.0 Å². The van der Waals surface area contributed by atoms with Gasteiger partial charge in [-0.1, -0.05) is 23.7 Å². The van der Waals surface area contributed by atoms with E-state index < -0.39 is 4.92 Å². The monoisotopic (exact) mass is 313 g/mol. The minimum absolute atomic E-state index is 0.0625. The first-order valence-electron chi connectivity index (χ1n) is 5.23. The maximum Gasteiger partial charge on any atom is 0.301 e. The lowest BCUT2D eigenvalue weighted by Crippen LogP contribution is -1.90. The van der Waals surface area contributed by atoms with Crippen LogP contribution in [0, 0.1) is 10.1 Å². The van der Waals surface area contributed by atoms with E-state index in [9.17, 15) is 14.9 Å². The topological polar surface area (TPSA) is 60.2 Å². The van der Waals surface area contributed by atoms with Gasteiger partial charge in [0.2, 0.25) is 0 Å². The van der Waals surface area contributed by atoms with Crippen molar-refractivity contribution >= 4 is 47.5 Å². The zero-order valence-electron chi connectivity index (χ0n) is 9.50. The van der Waals surface area contributed by atoms with Crippen LogP contribution in [0.25, 0.3) is 10.4 Å². The molecule has 4 nitrogen and oxygen atoms in total. The van der Waals surface area contributed by atoms with E-state index in [1.165, 1.54) is 11.3 Å². The highest BCUT2D eigenvalue weighted by Gasteiger charge is 2.26. The number of carbonyl (C=O) groups is 1. The Bertz CT molecular complexity index is 637. The number of rotatable bonds is 4. The van der Waals surface area contributed by atoms with Crippen molar-refractivity contribution in [3.8, 4) is 10.4 Å². The van der Waals surface area contributed by atoms with Gasteiger partial charge in [-0.3, -0.25) is 10.1 Å². The summed E-state index contributed by atoms with van der Waals surface area (Å²) in [6.07, 6.45) is 0.832. The van der Waals surface area contributed by atoms with Crippen LogP contribution < -0.4 is 0 Å². The molecule has 98 valence electrons. The number of thiophene rings is 1. The van der Waals surface area contributed by atoms with E-state index >= 15 is 0 Å². The quantitative estimate of drug-likeness (QED) is 0.401. The third-order valence-electron chi connectivity index (χ3n) is 2.49. The summed E-state index contributed by atoms with van der Waals surface area (Å²) in [4.78, 5) is 22.6. The molecule has 0 radical (unpaired) electrons. The van der Waals surface area contributed by atoms with Crippen molar-refractivity contribution in [2.75, 3.05) is 0 Å². The lowest BCUT2D eigenvalue weighted by atomic mass is 10.1. The number of benzene rings is 1. The van der Waals surface area contributed by atoms with Gasteiger partial charge in [-0.25, -0.2) is 0 Å². The highest BCUT2D eigenvalue weighted by Crippen LogP contribution is 2.44. The molecule has 19 heavy (non-hydrogen) atoms. The number of aldehydes is 1. The summed E-state index contributed by atoms with van der Waals surface area (Å²) < 4.78 is 0. The summed E-state index contributed by atoms with van der Waals surface area (Å²) in [5.74, 6) is 0. The van der Waals surface area contributed by atoms with Gasteiger partial charge < -0.3 is 4.79 Å². The van der Waals surface area contributed by atoms with E-state index in [2.05, 4.69) is 12.6 Å². The smallest absolute Gasteiger partial charge is 0.301 e. The summed E-state index contributed by atoms with van der Waals surface area (Å²) in [5, 5.41) is 11.7. The fraction of sp³-hybridized carbons (Fsp3) is 0.0833. The van der Waals surface area contributed by atoms with Crippen LogP contribution in [-0.4, -0.2) is 11.2 Å². The third-order valence-corrected chi connectivity index (χ3v) is 4.62. The molecule has 0 N–H and O–H groups in total. The molecule has 1 aromatic carbocycles. The summed E-state index contributed by atoms with van der Waals surface area (Å²) in [6.45, 7) is 0. The Balaban J connectivity index is 2.61. The van der Waals surface area contributed by atoms with Crippen LogP contribution in [0.3, 0.4) is 0 Å². The van der Waals surface area contributed by atoms with Crippen molar-refractivity contribution < 1.29 is 9.72 Å². The van der Waals surface area contributed by atoms with Crippen LogP contribution in [0.2, 0.25) is 5.02 Å². The average molecular weight is 314 g/mol. The van der Waals surface area contributed by atoms with Crippen molar-refractivity contribution in [3.05, 3.63) is 44.3 Å². The fourth-order valence-electron chi connectivity index (χ4n) is 1.64. The van der Waals surface area contributed by atoms with E-state index in [4.69, 9.17) is 11.6 Å². The van der Waals surface area contributed by atoms with E-state index in [0.29, 0.717) is 26.6 Å². The van der Waals surface area contributed by atoms with Gasteiger partial charge in [-0.2, -0.15) is 0 Å². The molecule has 0 fully saturated rings.